The smallest absolute Gasteiger partial charge is 0.338 e. The summed E-state index contributed by atoms with van der Waals surface area (Å²) in [6.07, 6.45) is 7.64. The lowest BCUT2D eigenvalue weighted by Gasteiger charge is -2.28. The van der Waals surface area contributed by atoms with Crippen LogP contribution < -0.4 is 5.32 Å². The van der Waals surface area contributed by atoms with Gasteiger partial charge in [0, 0.05) is 6.04 Å². The minimum atomic E-state index is -0.293. The van der Waals surface area contributed by atoms with Crippen molar-refractivity contribution in [2.75, 3.05) is 14.2 Å². The van der Waals surface area contributed by atoms with Crippen molar-refractivity contribution in [2.45, 2.75) is 85.0 Å². The van der Waals surface area contributed by atoms with E-state index in [9.17, 15) is 4.79 Å². The van der Waals surface area contributed by atoms with Gasteiger partial charge < -0.3 is 14.8 Å². The molecule has 2 unspecified atom stereocenters. The van der Waals surface area contributed by atoms with Crippen molar-refractivity contribution in [2.24, 2.45) is 17.8 Å². The molecule has 0 aliphatic heterocycles. The van der Waals surface area contributed by atoms with E-state index in [0.717, 1.165) is 35.8 Å². The molecular formula is C25H41NO3. The summed E-state index contributed by atoms with van der Waals surface area (Å²) in [5.74, 6) is 1.93. The Morgan fingerprint density at radius 2 is 1.86 bits per heavy atom. The Labute approximate surface area is 177 Å². The fourth-order valence-electron chi connectivity index (χ4n) is 4.46. The van der Waals surface area contributed by atoms with Crippen LogP contribution in [-0.2, 0) is 16.1 Å². The van der Waals surface area contributed by atoms with Crippen molar-refractivity contribution < 1.29 is 14.3 Å². The highest BCUT2D eigenvalue weighted by Crippen LogP contribution is 2.32. The highest BCUT2D eigenvalue weighted by Gasteiger charge is 2.22. The molecule has 2 rings (SSSR count). The van der Waals surface area contributed by atoms with Crippen molar-refractivity contribution in [1.29, 1.82) is 0 Å². The lowest BCUT2D eigenvalue weighted by molar-refractivity contribution is 0.0295. The van der Waals surface area contributed by atoms with Gasteiger partial charge in [-0.3, -0.25) is 0 Å². The number of hydrogen-bond donors (Lipinski definition) is 1. The first-order valence-electron chi connectivity index (χ1n) is 11.3. The fourth-order valence-corrected chi connectivity index (χ4v) is 4.46. The number of carbonyl (C=O) groups is 1. The molecule has 1 aromatic rings. The molecule has 0 radical (unpaired) electrons. The molecule has 0 spiro atoms. The number of hydrogen-bond acceptors (Lipinski definition) is 4. The average molecular weight is 404 g/mol. The van der Waals surface area contributed by atoms with Gasteiger partial charge in [-0.15, -0.1) is 0 Å². The highest BCUT2D eigenvalue weighted by molar-refractivity contribution is 5.91. The maximum atomic E-state index is 12.4. The van der Waals surface area contributed by atoms with Crippen LogP contribution in [0.1, 0.15) is 93.7 Å². The molecule has 0 bridgehead atoms. The van der Waals surface area contributed by atoms with Gasteiger partial charge in [0.1, 0.15) is 0 Å². The Morgan fingerprint density at radius 1 is 1.17 bits per heavy atom. The van der Waals surface area contributed by atoms with Crippen LogP contribution in [0.2, 0.25) is 0 Å². The largest absolute Gasteiger partial charge is 0.465 e. The monoisotopic (exact) mass is 403 g/mol. The third kappa shape index (κ3) is 7.42. The zero-order valence-corrected chi connectivity index (χ0v) is 19.3. The molecule has 164 valence electrons. The van der Waals surface area contributed by atoms with Gasteiger partial charge >= 0.3 is 5.97 Å². The Balaban J connectivity index is 2.03. The van der Waals surface area contributed by atoms with Gasteiger partial charge in [-0.05, 0) is 61.8 Å². The van der Waals surface area contributed by atoms with Crippen LogP contribution in [0.4, 0.5) is 0 Å². The first-order chi connectivity index (χ1) is 13.8. The second-order valence-electron chi connectivity index (χ2n) is 9.36. The first kappa shape index (κ1) is 23.9. The zero-order chi connectivity index (χ0) is 21.4. The Morgan fingerprint density at radius 3 is 2.45 bits per heavy atom. The van der Waals surface area contributed by atoms with Crippen molar-refractivity contribution in [3.8, 4) is 0 Å². The summed E-state index contributed by atoms with van der Waals surface area (Å²) >= 11 is 0. The number of carbonyl (C=O) groups excluding carboxylic acids is 1. The number of nitrogens with one attached hydrogen (secondary N) is 1. The van der Waals surface area contributed by atoms with Gasteiger partial charge in [0.25, 0.3) is 0 Å². The van der Waals surface area contributed by atoms with Crippen molar-refractivity contribution in [1.82, 2.24) is 5.32 Å². The number of methoxy groups -OCH3 is 1. The lowest BCUT2D eigenvalue weighted by atomic mass is 9.80. The predicted molar refractivity (Wildman–Crippen MR) is 119 cm³/mol. The Kier molecular flexibility index (Phi) is 9.64. The minimum absolute atomic E-state index is 0.199. The van der Waals surface area contributed by atoms with Gasteiger partial charge in [-0.2, -0.15) is 0 Å². The minimum Gasteiger partial charge on any atom is -0.465 e. The van der Waals surface area contributed by atoms with E-state index in [4.69, 9.17) is 9.47 Å². The normalized spacial score (nSPS) is 21.8. The average Bonchev–Trinajstić information content (AvgIpc) is 2.71. The summed E-state index contributed by atoms with van der Waals surface area (Å²) in [7, 11) is 3.41. The third-order valence-corrected chi connectivity index (χ3v) is 6.32. The summed E-state index contributed by atoms with van der Waals surface area (Å²) in [6.45, 7) is 9.38. The molecule has 1 N–H and O–H groups in total. The van der Waals surface area contributed by atoms with E-state index in [1.807, 2.05) is 19.2 Å². The molecule has 1 aromatic carbocycles. The summed E-state index contributed by atoms with van der Waals surface area (Å²) in [4.78, 5) is 12.4. The van der Waals surface area contributed by atoms with Crippen LogP contribution in [0, 0.1) is 17.8 Å². The van der Waals surface area contributed by atoms with E-state index in [-0.39, 0.29) is 18.1 Å². The lowest BCUT2D eigenvalue weighted by Crippen LogP contribution is -2.20. The van der Waals surface area contributed by atoms with Gasteiger partial charge in [-0.1, -0.05) is 58.6 Å². The van der Waals surface area contributed by atoms with Crippen LogP contribution in [0.3, 0.4) is 0 Å². The van der Waals surface area contributed by atoms with Gasteiger partial charge in [0.15, 0.2) is 0 Å². The molecule has 1 saturated carbocycles. The number of ether oxygens (including phenoxy) is 2. The first-order valence-corrected chi connectivity index (χ1v) is 11.3. The molecule has 0 aromatic heterocycles. The van der Waals surface area contributed by atoms with Crippen molar-refractivity contribution >= 4 is 5.97 Å². The van der Waals surface area contributed by atoms with Gasteiger partial charge in [0.05, 0.1) is 25.4 Å². The van der Waals surface area contributed by atoms with E-state index in [2.05, 4.69) is 39.1 Å². The summed E-state index contributed by atoms with van der Waals surface area (Å²) < 4.78 is 11.2. The molecule has 1 fully saturated rings. The standard InChI is InChI=1S/C25H41NO3/c1-17(2)13-24(26-5)21-11-12-22(23(15-21)25(27)28-6)16-29-19(4)14-20-9-7-18(3)8-10-20/h11-12,15,17-20,24,26H,7-10,13-14,16H2,1-6H3. The molecule has 29 heavy (non-hydrogen) atoms. The number of esters is 1. The summed E-state index contributed by atoms with van der Waals surface area (Å²) in [5, 5.41) is 3.37. The molecule has 1 aliphatic rings. The number of rotatable bonds is 10. The second kappa shape index (κ2) is 11.7. The van der Waals surface area contributed by atoms with E-state index in [1.54, 1.807) is 0 Å². The van der Waals surface area contributed by atoms with E-state index < -0.39 is 0 Å². The molecular weight excluding hydrogens is 362 g/mol. The Bertz CT molecular complexity index is 635. The van der Waals surface area contributed by atoms with Crippen molar-refractivity contribution in [3.63, 3.8) is 0 Å². The van der Waals surface area contributed by atoms with Crippen LogP contribution in [0.5, 0.6) is 0 Å². The summed E-state index contributed by atoms with van der Waals surface area (Å²) in [5.41, 5.74) is 2.64. The maximum absolute atomic E-state index is 12.4. The molecule has 4 nitrogen and oxygen atoms in total. The van der Waals surface area contributed by atoms with Crippen LogP contribution in [0.25, 0.3) is 0 Å². The van der Waals surface area contributed by atoms with Crippen LogP contribution >= 0.6 is 0 Å². The third-order valence-electron chi connectivity index (χ3n) is 6.32. The van der Waals surface area contributed by atoms with Crippen molar-refractivity contribution in [3.05, 3.63) is 34.9 Å². The van der Waals surface area contributed by atoms with E-state index in [0.29, 0.717) is 18.1 Å². The molecule has 0 saturated heterocycles. The van der Waals surface area contributed by atoms with E-state index >= 15 is 0 Å². The molecule has 2 atom stereocenters. The maximum Gasteiger partial charge on any atom is 0.338 e. The number of benzene rings is 1. The highest BCUT2D eigenvalue weighted by atomic mass is 16.5. The molecule has 1 aliphatic carbocycles. The topological polar surface area (TPSA) is 47.6 Å². The summed E-state index contributed by atoms with van der Waals surface area (Å²) in [6, 6.07) is 6.34. The fraction of sp³-hybridized carbons (Fsp3) is 0.720. The zero-order valence-electron chi connectivity index (χ0n) is 19.3. The molecule has 0 heterocycles. The predicted octanol–water partition coefficient (Wildman–Crippen LogP) is 5.90. The van der Waals surface area contributed by atoms with Crippen LogP contribution in [0.15, 0.2) is 18.2 Å². The van der Waals surface area contributed by atoms with Gasteiger partial charge in [-0.25, -0.2) is 4.79 Å². The Hall–Kier alpha value is -1.39. The second-order valence-corrected chi connectivity index (χ2v) is 9.36. The van der Waals surface area contributed by atoms with Gasteiger partial charge in [0.2, 0.25) is 0 Å². The molecule has 4 heteroatoms. The SMILES string of the molecule is CNC(CC(C)C)c1ccc(COC(C)CC2CCC(C)CC2)c(C(=O)OC)c1. The van der Waals surface area contributed by atoms with E-state index in [1.165, 1.54) is 32.8 Å². The molecule has 0 amide bonds. The quantitative estimate of drug-likeness (QED) is 0.494. The van der Waals surface area contributed by atoms with Crippen LogP contribution in [-0.4, -0.2) is 26.2 Å².